The van der Waals surface area contributed by atoms with Crippen molar-refractivity contribution in [3.05, 3.63) is 66.2 Å². The highest BCUT2D eigenvalue weighted by atomic mass is 16.3. The number of carbonyl (C=O) groups is 2. The number of aliphatic hydroxyl groups excluding tert-OH is 1. The summed E-state index contributed by atoms with van der Waals surface area (Å²) < 4.78 is 0. The van der Waals surface area contributed by atoms with Crippen LogP contribution in [0.15, 0.2) is 60.7 Å². The quantitative estimate of drug-likeness (QED) is 0.639. The summed E-state index contributed by atoms with van der Waals surface area (Å²) in [5.41, 5.74) is 2.29. The number of benzene rings is 3. The Morgan fingerprint density at radius 3 is 2.62 bits per heavy atom. The number of piperazine rings is 1. The fourth-order valence-electron chi connectivity index (χ4n) is 3.93. The van der Waals surface area contributed by atoms with Crippen molar-refractivity contribution in [2.24, 2.45) is 0 Å². The molecule has 0 aromatic heterocycles. The summed E-state index contributed by atoms with van der Waals surface area (Å²) in [7, 11) is 0. The van der Waals surface area contributed by atoms with Gasteiger partial charge in [-0.05, 0) is 46.5 Å². The number of hydrogen-bond donors (Lipinski definition) is 3. The number of phenols is 1. The van der Waals surface area contributed by atoms with Gasteiger partial charge in [0.05, 0.1) is 0 Å². The lowest BCUT2D eigenvalue weighted by Gasteiger charge is -2.35. The van der Waals surface area contributed by atoms with E-state index in [2.05, 4.69) is 5.32 Å². The zero-order valence-corrected chi connectivity index (χ0v) is 15.8. The second-order valence-corrected chi connectivity index (χ2v) is 7.07. The van der Waals surface area contributed by atoms with Gasteiger partial charge in [-0.3, -0.25) is 9.59 Å². The molecule has 1 aliphatic heterocycles. The summed E-state index contributed by atoms with van der Waals surface area (Å²) in [5, 5.41) is 23.6. The Kier molecular flexibility index (Phi) is 5.18. The lowest BCUT2D eigenvalue weighted by Crippen LogP contribution is -2.57. The molecule has 29 heavy (non-hydrogen) atoms. The summed E-state index contributed by atoms with van der Waals surface area (Å²) in [5.74, 6) is -0.283. The van der Waals surface area contributed by atoms with Gasteiger partial charge in [0.1, 0.15) is 11.8 Å². The molecule has 6 nitrogen and oxygen atoms in total. The van der Waals surface area contributed by atoms with Crippen LogP contribution in [0.4, 0.5) is 0 Å². The van der Waals surface area contributed by atoms with E-state index in [1.807, 2.05) is 36.4 Å². The van der Waals surface area contributed by atoms with Crippen molar-refractivity contribution in [3.8, 4) is 16.9 Å². The van der Waals surface area contributed by atoms with Crippen LogP contribution in [-0.2, 0) is 4.79 Å². The number of fused-ring (bicyclic) bond motifs is 1. The maximum Gasteiger partial charge on any atom is 0.255 e. The molecule has 1 aliphatic rings. The van der Waals surface area contributed by atoms with Crippen LogP contribution in [0, 0.1) is 0 Å². The molecule has 1 fully saturated rings. The number of rotatable bonds is 4. The molecule has 3 N–H and O–H groups in total. The van der Waals surface area contributed by atoms with Gasteiger partial charge in [0.25, 0.3) is 5.91 Å². The Morgan fingerprint density at radius 2 is 1.86 bits per heavy atom. The van der Waals surface area contributed by atoms with Gasteiger partial charge in [-0.25, -0.2) is 0 Å². The summed E-state index contributed by atoms with van der Waals surface area (Å²) in [6.45, 7) is 0.628. The Labute approximate surface area is 168 Å². The number of phenolic OH excluding ortho intramolecular Hbond substituents is 1. The zero-order valence-electron chi connectivity index (χ0n) is 15.8. The van der Waals surface area contributed by atoms with Crippen molar-refractivity contribution in [3.63, 3.8) is 0 Å². The van der Waals surface area contributed by atoms with Crippen LogP contribution in [0.3, 0.4) is 0 Å². The highest BCUT2D eigenvalue weighted by Gasteiger charge is 2.33. The van der Waals surface area contributed by atoms with E-state index in [1.54, 1.807) is 29.2 Å². The van der Waals surface area contributed by atoms with E-state index in [4.69, 9.17) is 0 Å². The standard InChI is InChI=1S/C23H22N2O4/c26-13-10-21-22(28)24-11-12-25(21)23(29)20-9-8-17(15-4-3-5-16(27)14-15)18-6-1-2-7-19(18)20/h1-9,14,21,26-27H,10-13H2,(H,24,28). The molecule has 3 aromatic carbocycles. The largest absolute Gasteiger partial charge is 0.508 e. The third-order valence-electron chi connectivity index (χ3n) is 5.31. The van der Waals surface area contributed by atoms with Crippen LogP contribution in [0.2, 0.25) is 0 Å². The first-order chi connectivity index (χ1) is 14.1. The number of aromatic hydroxyl groups is 1. The number of aliphatic hydroxyl groups is 1. The van der Waals surface area contributed by atoms with E-state index in [0.29, 0.717) is 18.7 Å². The van der Waals surface area contributed by atoms with Gasteiger partial charge in [0.2, 0.25) is 5.91 Å². The van der Waals surface area contributed by atoms with Crippen molar-refractivity contribution in [1.82, 2.24) is 10.2 Å². The molecular weight excluding hydrogens is 368 g/mol. The van der Waals surface area contributed by atoms with Crippen molar-refractivity contribution >= 4 is 22.6 Å². The van der Waals surface area contributed by atoms with Crippen LogP contribution in [0.5, 0.6) is 5.75 Å². The van der Waals surface area contributed by atoms with Crippen LogP contribution in [0.1, 0.15) is 16.8 Å². The van der Waals surface area contributed by atoms with Crippen LogP contribution >= 0.6 is 0 Å². The second-order valence-electron chi connectivity index (χ2n) is 7.07. The van der Waals surface area contributed by atoms with Crippen molar-refractivity contribution in [1.29, 1.82) is 0 Å². The molecule has 0 spiro atoms. The molecule has 1 unspecified atom stereocenters. The minimum absolute atomic E-state index is 0.168. The Morgan fingerprint density at radius 1 is 1.07 bits per heavy atom. The molecular formula is C23H22N2O4. The maximum absolute atomic E-state index is 13.4. The number of nitrogens with zero attached hydrogens (tertiary/aromatic N) is 1. The molecule has 2 amide bonds. The predicted octanol–water partition coefficient (Wildman–Crippen LogP) is 2.54. The molecule has 0 bridgehead atoms. The summed E-state index contributed by atoms with van der Waals surface area (Å²) in [4.78, 5) is 27.1. The highest BCUT2D eigenvalue weighted by Crippen LogP contribution is 2.33. The number of nitrogens with one attached hydrogen (secondary N) is 1. The van der Waals surface area contributed by atoms with E-state index in [0.717, 1.165) is 21.9 Å². The lowest BCUT2D eigenvalue weighted by atomic mass is 9.94. The van der Waals surface area contributed by atoms with Gasteiger partial charge >= 0.3 is 0 Å². The first kappa shape index (κ1) is 19.0. The Bertz CT molecular complexity index is 1080. The molecule has 3 aromatic rings. The Balaban J connectivity index is 1.80. The minimum atomic E-state index is -0.675. The van der Waals surface area contributed by atoms with Gasteiger partial charge in [0, 0.05) is 25.3 Å². The molecule has 0 radical (unpaired) electrons. The third-order valence-corrected chi connectivity index (χ3v) is 5.31. The molecule has 0 saturated carbocycles. The van der Waals surface area contributed by atoms with E-state index in [9.17, 15) is 19.8 Å². The molecule has 4 rings (SSSR count). The zero-order chi connectivity index (χ0) is 20.4. The maximum atomic E-state index is 13.4. The molecule has 1 atom stereocenters. The first-order valence-electron chi connectivity index (χ1n) is 9.61. The normalized spacial score (nSPS) is 16.7. The van der Waals surface area contributed by atoms with Crippen LogP contribution in [-0.4, -0.2) is 52.7 Å². The highest BCUT2D eigenvalue weighted by molar-refractivity contribution is 6.11. The van der Waals surface area contributed by atoms with Gasteiger partial charge < -0.3 is 20.4 Å². The van der Waals surface area contributed by atoms with E-state index in [-0.39, 0.29) is 30.6 Å². The topological polar surface area (TPSA) is 89.9 Å². The van der Waals surface area contributed by atoms with Crippen LogP contribution in [0.25, 0.3) is 21.9 Å². The number of amides is 2. The monoisotopic (exact) mass is 390 g/mol. The van der Waals surface area contributed by atoms with Gasteiger partial charge in [0.15, 0.2) is 0 Å². The summed E-state index contributed by atoms with van der Waals surface area (Å²) in [6.07, 6.45) is 0.205. The van der Waals surface area contributed by atoms with Gasteiger partial charge in [-0.15, -0.1) is 0 Å². The minimum Gasteiger partial charge on any atom is -0.508 e. The van der Waals surface area contributed by atoms with Gasteiger partial charge in [-0.1, -0.05) is 42.5 Å². The molecule has 148 valence electrons. The number of carbonyl (C=O) groups excluding carboxylic acids is 2. The average molecular weight is 390 g/mol. The van der Waals surface area contributed by atoms with E-state index in [1.165, 1.54) is 0 Å². The fourth-order valence-corrected chi connectivity index (χ4v) is 3.93. The fraction of sp³-hybridized carbons (Fsp3) is 0.217. The lowest BCUT2D eigenvalue weighted by molar-refractivity contribution is -0.128. The average Bonchev–Trinajstić information content (AvgIpc) is 2.74. The van der Waals surface area contributed by atoms with Gasteiger partial charge in [-0.2, -0.15) is 0 Å². The summed E-state index contributed by atoms with van der Waals surface area (Å²) in [6, 6.07) is 17.6. The second kappa shape index (κ2) is 7.93. The summed E-state index contributed by atoms with van der Waals surface area (Å²) >= 11 is 0. The van der Waals surface area contributed by atoms with Crippen molar-refractivity contribution in [2.75, 3.05) is 19.7 Å². The molecule has 1 heterocycles. The predicted molar refractivity (Wildman–Crippen MR) is 111 cm³/mol. The molecule has 0 aliphatic carbocycles. The number of hydrogen-bond acceptors (Lipinski definition) is 4. The first-order valence-corrected chi connectivity index (χ1v) is 9.61. The SMILES string of the molecule is O=C1NCCN(C(=O)c2ccc(-c3cccc(O)c3)c3ccccc23)C1CCO. The van der Waals surface area contributed by atoms with Crippen molar-refractivity contribution < 1.29 is 19.8 Å². The molecule has 6 heteroatoms. The smallest absolute Gasteiger partial charge is 0.255 e. The van der Waals surface area contributed by atoms with Crippen LogP contribution < -0.4 is 5.32 Å². The Hall–Kier alpha value is -3.38. The van der Waals surface area contributed by atoms with Crippen molar-refractivity contribution in [2.45, 2.75) is 12.5 Å². The van der Waals surface area contributed by atoms with E-state index < -0.39 is 6.04 Å². The van der Waals surface area contributed by atoms with E-state index >= 15 is 0 Å². The molecule has 1 saturated heterocycles. The third kappa shape index (κ3) is 3.54.